The summed E-state index contributed by atoms with van der Waals surface area (Å²) >= 11 is 0. The molecular formula is C16H25FN2O. The minimum absolute atomic E-state index is 0.273. The molecular weight excluding hydrogens is 255 g/mol. The highest BCUT2D eigenvalue weighted by molar-refractivity contribution is 5.37. The van der Waals surface area contributed by atoms with E-state index in [2.05, 4.69) is 11.8 Å². The van der Waals surface area contributed by atoms with Gasteiger partial charge < -0.3 is 15.4 Å². The van der Waals surface area contributed by atoms with Crippen molar-refractivity contribution in [2.75, 3.05) is 20.2 Å². The van der Waals surface area contributed by atoms with Gasteiger partial charge in [0.2, 0.25) is 0 Å². The number of rotatable bonds is 6. The van der Waals surface area contributed by atoms with Crippen LogP contribution in [0.15, 0.2) is 18.2 Å². The molecule has 0 amide bonds. The van der Waals surface area contributed by atoms with Crippen molar-refractivity contribution in [3.63, 3.8) is 0 Å². The zero-order valence-electron chi connectivity index (χ0n) is 12.4. The van der Waals surface area contributed by atoms with Gasteiger partial charge in [-0.2, -0.15) is 0 Å². The third kappa shape index (κ3) is 3.30. The standard InChI is InChI=1S/C16H25FN2O/c1-3-12-6-5-10-19(12)11-9-14(18)16-13(17)7-4-8-15(16)20-2/h4,7-8,12,14H,3,5-6,9-11,18H2,1-2H3. The first-order valence-corrected chi connectivity index (χ1v) is 7.49. The van der Waals surface area contributed by atoms with Crippen LogP contribution in [0.25, 0.3) is 0 Å². The molecule has 1 heterocycles. The number of nitrogens with two attached hydrogens (primary N) is 1. The molecule has 0 aromatic heterocycles. The Hall–Kier alpha value is -1.13. The molecule has 2 atom stereocenters. The van der Waals surface area contributed by atoms with Crippen LogP contribution in [0.2, 0.25) is 0 Å². The lowest BCUT2D eigenvalue weighted by atomic mass is 10.0. The third-order valence-electron chi connectivity index (χ3n) is 4.30. The van der Waals surface area contributed by atoms with Gasteiger partial charge in [-0.25, -0.2) is 4.39 Å². The predicted molar refractivity (Wildman–Crippen MR) is 79.4 cm³/mol. The molecule has 20 heavy (non-hydrogen) atoms. The summed E-state index contributed by atoms with van der Waals surface area (Å²) in [6.45, 7) is 4.29. The van der Waals surface area contributed by atoms with E-state index in [9.17, 15) is 4.39 Å². The number of likely N-dealkylation sites (tertiary alicyclic amines) is 1. The van der Waals surface area contributed by atoms with Gasteiger partial charge in [-0.05, 0) is 44.4 Å². The van der Waals surface area contributed by atoms with Gasteiger partial charge in [0, 0.05) is 24.2 Å². The molecule has 2 rings (SSSR count). The minimum Gasteiger partial charge on any atom is -0.496 e. The second-order valence-electron chi connectivity index (χ2n) is 5.49. The zero-order chi connectivity index (χ0) is 14.5. The van der Waals surface area contributed by atoms with E-state index in [1.54, 1.807) is 19.2 Å². The van der Waals surface area contributed by atoms with Crippen LogP contribution >= 0.6 is 0 Å². The number of hydrogen-bond donors (Lipinski definition) is 1. The van der Waals surface area contributed by atoms with E-state index in [1.165, 1.54) is 25.3 Å². The summed E-state index contributed by atoms with van der Waals surface area (Å²) in [4.78, 5) is 2.48. The Bertz CT molecular complexity index is 438. The topological polar surface area (TPSA) is 38.5 Å². The van der Waals surface area contributed by atoms with Crippen LogP contribution in [0.4, 0.5) is 4.39 Å². The van der Waals surface area contributed by atoms with E-state index in [-0.39, 0.29) is 11.9 Å². The van der Waals surface area contributed by atoms with Crippen molar-refractivity contribution in [1.29, 1.82) is 0 Å². The molecule has 2 unspecified atom stereocenters. The molecule has 1 saturated heterocycles. The highest BCUT2D eigenvalue weighted by Gasteiger charge is 2.24. The van der Waals surface area contributed by atoms with Gasteiger partial charge >= 0.3 is 0 Å². The van der Waals surface area contributed by atoms with Crippen molar-refractivity contribution in [1.82, 2.24) is 4.90 Å². The first-order chi connectivity index (χ1) is 9.67. The Morgan fingerprint density at radius 2 is 2.30 bits per heavy atom. The normalized spacial score (nSPS) is 21.1. The van der Waals surface area contributed by atoms with Crippen molar-refractivity contribution in [3.05, 3.63) is 29.6 Å². The number of hydrogen-bond acceptors (Lipinski definition) is 3. The summed E-state index contributed by atoms with van der Waals surface area (Å²) < 4.78 is 19.2. The molecule has 0 aliphatic carbocycles. The molecule has 3 nitrogen and oxygen atoms in total. The zero-order valence-corrected chi connectivity index (χ0v) is 12.4. The summed E-state index contributed by atoms with van der Waals surface area (Å²) in [5.41, 5.74) is 6.69. The maximum atomic E-state index is 14.0. The fourth-order valence-corrected chi connectivity index (χ4v) is 3.16. The lowest BCUT2D eigenvalue weighted by molar-refractivity contribution is 0.238. The average Bonchev–Trinajstić information content (AvgIpc) is 2.91. The highest BCUT2D eigenvalue weighted by atomic mass is 19.1. The smallest absolute Gasteiger partial charge is 0.131 e. The molecule has 2 N–H and O–H groups in total. The summed E-state index contributed by atoms with van der Waals surface area (Å²) in [6, 6.07) is 5.22. The summed E-state index contributed by atoms with van der Waals surface area (Å²) in [5, 5.41) is 0. The van der Waals surface area contributed by atoms with Gasteiger partial charge in [0.1, 0.15) is 11.6 Å². The van der Waals surface area contributed by atoms with Crippen molar-refractivity contribution >= 4 is 0 Å². The van der Waals surface area contributed by atoms with Gasteiger partial charge in [-0.3, -0.25) is 0 Å². The number of halogens is 1. The largest absolute Gasteiger partial charge is 0.496 e. The van der Waals surface area contributed by atoms with Crippen LogP contribution in [-0.2, 0) is 0 Å². The SMILES string of the molecule is CCC1CCCN1CCC(N)c1c(F)cccc1OC. The third-order valence-corrected chi connectivity index (χ3v) is 4.30. The molecule has 0 bridgehead atoms. The lowest BCUT2D eigenvalue weighted by Crippen LogP contribution is -2.31. The monoisotopic (exact) mass is 280 g/mol. The van der Waals surface area contributed by atoms with Crippen LogP contribution in [-0.4, -0.2) is 31.1 Å². The summed E-state index contributed by atoms with van der Waals surface area (Å²) in [6.07, 6.45) is 4.47. The Morgan fingerprint density at radius 3 is 3.00 bits per heavy atom. The van der Waals surface area contributed by atoms with Crippen molar-refractivity contribution in [2.45, 2.75) is 44.7 Å². The molecule has 112 valence electrons. The van der Waals surface area contributed by atoms with Gasteiger partial charge in [-0.1, -0.05) is 13.0 Å². The summed E-state index contributed by atoms with van der Waals surface area (Å²) in [5.74, 6) is 0.274. The van der Waals surface area contributed by atoms with Crippen LogP contribution in [0.3, 0.4) is 0 Å². The molecule has 1 aliphatic rings. The Balaban J connectivity index is 2.00. The van der Waals surface area contributed by atoms with Crippen LogP contribution in [0, 0.1) is 5.82 Å². The van der Waals surface area contributed by atoms with Gasteiger partial charge in [0.15, 0.2) is 0 Å². The predicted octanol–water partition coefficient (Wildman–Crippen LogP) is 3.10. The average molecular weight is 280 g/mol. The summed E-state index contributed by atoms with van der Waals surface area (Å²) in [7, 11) is 1.55. The number of nitrogens with zero attached hydrogens (tertiary/aromatic N) is 1. The maximum absolute atomic E-state index is 14.0. The number of benzene rings is 1. The molecule has 0 radical (unpaired) electrons. The highest BCUT2D eigenvalue weighted by Crippen LogP contribution is 2.29. The Kier molecular flexibility index (Phi) is 5.38. The van der Waals surface area contributed by atoms with Crippen LogP contribution in [0.1, 0.15) is 44.2 Å². The first kappa shape index (κ1) is 15.3. The van der Waals surface area contributed by atoms with E-state index in [0.29, 0.717) is 17.4 Å². The molecule has 1 aromatic carbocycles. The second-order valence-corrected chi connectivity index (χ2v) is 5.49. The molecule has 1 fully saturated rings. The van der Waals surface area contributed by atoms with Crippen LogP contribution < -0.4 is 10.5 Å². The van der Waals surface area contributed by atoms with Crippen molar-refractivity contribution in [3.8, 4) is 5.75 Å². The fourth-order valence-electron chi connectivity index (χ4n) is 3.16. The molecule has 4 heteroatoms. The molecule has 0 saturated carbocycles. The van der Waals surface area contributed by atoms with Crippen molar-refractivity contribution < 1.29 is 9.13 Å². The fraction of sp³-hybridized carbons (Fsp3) is 0.625. The quantitative estimate of drug-likeness (QED) is 0.870. The van der Waals surface area contributed by atoms with E-state index in [1.807, 2.05) is 0 Å². The van der Waals surface area contributed by atoms with Gasteiger partial charge in [0.25, 0.3) is 0 Å². The molecule has 1 aliphatic heterocycles. The minimum atomic E-state index is -0.316. The Labute approximate surface area is 120 Å². The van der Waals surface area contributed by atoms with E-state index < -0.39 is 0 Å². The van der Waals surface area contributed by atoms with Crippen molar-refractivity contribution in [2.24, 2.45) is 5.73 Å². The van der Waals surface area contributed by atoms with E-state index in [4.69, 9.17) is 10.5 Å². The number of ether oxygens (including phenoxy) is 1. The van der Waals surface area contributed by atoms with Gasteiger partial charge in [0.05, 0.1) is 7.11 Å². The molecule has 0 spiro atoms. The van der Waals surface area contributed by atoms with Gasteiger partial charge in [-0.15, -0.1) is 0 Å². The maximum Gasteiger partial charge on any atom is 0.131 e. The lowest BCUT2D eigenvalue weighted by Gasteiger charge is -2.25. The molecule has 1 aromatic rings. The second kappa shape index (κ2) is 7.04. The number of methoxy groups -OCH3 is 1. The van der Waals surface area contributed by atoms with Crippen LogP contribution in [0.5, 0.6) is 5.75 Å². The Morgan fingerprint density at radius 1 is 1.50 bits per heavy atom. The van der Waals surface area contributed by atoms with E-state index >= 15 is 0 Å². The first-order valence-electron chi connectivity index (χ1n) is 7.49. The van der Waals surface area contributed by atoms with E-state index in [0.717, 1.165) is 19.5 Å².